The molecular weight excluding hydrogens is 496 g/mol. The van der Waals surface area contributed by atoms with E-state index >= 15 is 0 Å². The van der Waals surface area contributed by atoms with Crippen molar-refractivity contribution in [1.29, 1.82) is 0 Å². The lowest BCUT2D eigenvalue weighted by Crippen LogP contribution is -2.24. The van der Waals surface area contributed by atoms with Crippen LogP contribution in [0, 0.1) is 0 Å². The van der Waals surface area contributed by atoms with E-state index in [-0.39, 0.29) is 35.2 Å². The summed E-state index contributed by atoms with van der Waals surface area (Å²) >= 11 is 0. The van der Waals surface area contributed by atoms with E-state index in [2.05, 4.69) is 0 Å². The van der Waals surface area contributed by atoms with E-state index in [9.17, 15) is 18.0 Å². The monoisotopic (exact) mass is 530 g/mol. The molecule has 200 valence electrons. The first-order chi connectivity index (χ1) is 17.9. The van der Waals surface area contributed by atoms with Crippen molar-refractivity contribution in [2.24, 2.45) is 0 Å². The fourth-order valence-corrected chi connectivity index (χ4v) is 5.92. The molecule has 0 aromatic heterocycles. The quantitative estimate of drug-likeness (QED) is 0.394. The zero-order valence-corrected chi connectivity index (χ0v) is 21.7. The third-order valence-electron chi connectivity index (χ3n) is 6.68. The molecule has 4 rings (SSSR count). The third-order valence-corrected chi connectivity index (χ3v) is 8.47. The molecule has 37 heavy (non-hydrogen) atoms. The van der Waals surface area contributed by atoms with Crippen molar-refractivity contribution in [3.8, 4) is 11.5 Å². The van der Waals surface area contributed by atoms with Crippen LogP contribution < -0.4 is 9.47 Å². The van der Waals surface area contributed by atoms with Gasteiger partial charge in [-0.15, -0.1) is 0 Å². The smallest absolute Gasteiger partial charge is 0.344 e. The maximum Gasteiger partial charge on any atom is 0.344 e. The summed E-state index contributed by atoms with van der Waals surface area (Å²) in [6.45, 7) is -0.448. The zero-order chi connectivity index (χ0) is 26.1. The van der Waals surface area contributed by atoms with Crippen molar-refractivity contribution in [3.63, 3.8) is 0 Å². The van der Waals surface area contributed by atoms with Crippen molar-refractivity contribution in [1.82, 2.24) is 0 Å². The van der Waals surface area contributed by atoms with Gasteiger partial charge in [0.25, 0.3) is 0 Å². The van der Waals surface area contributed by atoms with Gasteiger partial charge in [0.05, 0.1) is 9.79 Å². The first-order valence-corrected chi connectivity index (χ1v) is 14.5. The molecule has 8 nitrogen and oxygen atoms in total. The van der Waals surface area contributed by atoms with Gasteiger partial charge in [-0.25, -0.2) is 18.0 Å². The highest BCUT2D eigenvalue weighted by Crippen LogP contribution is 2.26. The average molecular weight is 531 g/mol. The largest absolute Gasteiger partial charge is 0.482 e. The molecule has 0 bridgehead atoms. The Balaban J connectivity index is 1.26. The number of rotatable bonds is 10. The molecular formula is C28H34O8S. The molecule has 0 amide bonds. The lowest BCUT2D eigenvalue weighted by molar-refractivity contribution is -0.153. The van der Waals surface area contributed by atoms with Gasteiger partial charge in [-0.05, 0) is 99.9 Å². The highest BCUT2D eigenvalue weighted by molar-refractivity contribution is 7.91. The van der Waals surface area contributed by atoms with E-state index in [4.69, 9.17) is 18.9 Å². The van der Waals surface area contributed by atoms with Crippen LogP contribution in [0.1, 0.15) is 64.2 Å². The van der Waals surface area contributed by atoms with E-state index in [0.29, 0.717) is 11.5 Å². The van der Waals surface area contributed by atoms with E-state index in [1.165, 1.54) is 61.4 Å². The van der Waals surface area contributed by atoms with Crippen LogP contribution in [0.25, 0.3) is 0 Å². The maximum atomic E-state index is 13.0. The second-order valence-electron chi connectivity index (χ2n) is 9.52. The highest BCUT2D eigenvalue weighted by atomic mass is 32.2. The van der Waals surface area contributed by atoms with Gasteiger partial charge in [0.2, 0.25) is 9.84 Å². The number of sulfone groups is 1. The first-order valence-electron chi connectivity index (χ1n) is 13.0. The third kappa shape index (κ3) is 7.95. The predicted molar refractivity (Wildman–Crippen MR) is 135 cm³/mol. The zero-order valence-electron chi connectivity index (χ0n) is 20.9. The van der Waals surface area contributed by atoms with Gasteiger partial charge < -0.3 is 18.9 Å². The van der Waals surface area contributed by atoms with E-state index in [1.807, 2.05) is 0 Å². The highest BCUT2D eigenvalue weighted by Gasteiger charge is 2.21. The number of benzene rings is 2. The molecule has 0 unspecified atom stereocenters. The molecule has 0 aliphatic heterocycles. The van der Waals surface area contributed by atoms with Crippen molar-refractivity contribution in [2.75, 3.05) is 13.2 Å². The van der Waals surface area contributed by atoms with Crippen LogP contribution in [0.15, 0.2) is 58.3 Å². The van der Waals surface area contributed by atoms with Crippen LogP contribution in [0.4, 0.5) is 0 Å². The van der Waals surface area contributed by atoms with Gasteiger partial charge in [0.15, 0.2) is 13.2 Å². The topological polar surface area (TPSA) is 105 Å². The predicted octanol–water partition coefficient (Wildman–Crippen LogP) is 5.03. The maximum absolute atomic E-state index is 13.0. The van der Waals surface area contributed by atoms with Crippen LogP contribution in [-0.2, 0) is 28.9 Å². The van der Waals surface area contributed by atoms with Crippen molar-refractivity contribution < 1.29 is 37.0 Å². The minimum Gasteiger partial charge on any atom is -0.482 e. The van der Waals surface area contributed by atoms with Gasteiger partial charge >= 0.3 is 11.9 Å². The van der Waals surface area contributed by atoms with E-state index < -0.39 is 21.8 Å². The molecule has 2 fully saturated rings. The minimum atomic E-state index is -3.77. The Hall–Kier alpha value is -3.07. The molecule has 0 heterocycles. The van der Waals surface area contributed by atoms with Crippen molar-refractivity contribution >= 4 is 21.8 Å². The second-order valence-corrected chi connectivity index (χ2v) is 11.5. The molecule has 2 aromatic carbocycles. The summed E-state index contributed by atoms with van der Waals surface area (Å²) in [5, 5.41) is 0. The summed E-state index contributed by atoms with van der Waals surface area (Å²) in [6, 6.07) is 11.8. The first kappa shape index (κ1) is 27.0. The molecule has 2 aliphatic rings. The van der Waals surface area contributed by atoms with Crippen molar-refractivity contribution in [2.45, 2.75) is 86.2 Å². The van der Waals surface area contributed by atoms with E-state index in [0.717, 1.165) is 51.4 Å². The molecule has 0 radical (unpaired) electrons. The lowest BCUT2D eigenvalue weighted by Gasteiger charge is -2.21. The lowest BCUT2D eigenvalue weighted by atomic mass is 9.98. The van der Waals surface area contributed by atoms with Gasteiger partial charge in [-0.3, -0.25) is 0 Å². The van der Waals surface area contributed by atoms with Crippen LogP contribution in [0.2, 0.25) is 0 Å². The fourth-order valence-electron chi connectivity index (χ4n) is 4.66. The van der Waals surface area contributed by atoms with Gasteiger partial charge in [-0.1, -0.05) is 12.8 Å². The normalized spacial score (nSPS) is 17.1. The molecule has 0 saturated heterocycles. The Bertz CT molecular complexity index is 1040. The Morgan fingerprint density at radius 3 is 1.30 bits per heavy atom. The second kappa shape index (κ2) is 12.9. The van der Waals surface area contributed by atoms with Crippen LogP contribution in [-0.4, -0.2) is 45.8 Å². The Morgan fingerprint density at radius 2 is 0.946 bits per heavy atom. The summed E-state index contributed by atoms with van der Waals surface area (Å²) in [4.78, 5) is 24.2. The number of carbonyl (C=O) groups excluding carboxylic acids is 2. The number of hydrogen-bond donors (Lipinski definition) is 0. The van der Waals surface area contributed by atoms with Gasteiger partial charge in [0.1, 0.15) is 23.7 Å². The van der Waals surface area contributed by atoms with Gasteiger partial charge in [-0.2, -0.15) is 0 Å². The van der Waals surface area contributed by atoms with Crippen LogP contribution >= 0.6 is 0 Å². The average Bonchev–Trinajstić information content (AvgIpc) is 2.92. The number of esters is 2. The number of ether oxygens (including phenoxy) is 4. The standard InChI is InChI=1S/C28H34O8S/c29-27(35-23-7-3-1-4-8-23)19-33-21-11-15-25(16-12-21)37(31,32)26-17-13-22(14-18-26)34-20-28(30)36-24-9-5-2-6-10-24/h11-18,23-24H,1-10,19-20H2. The number of hydrogen-bond acceptors (Lipinski definition) is 8. The summed E-state index contributed by atoms with van der Waals surface area (Å²) in [6.07, 6.45) is 10.1. The van der Waals surface area contributed by atoms with Gasteiger partial charge in [0, 0.05) is 0 Å². The molecule has 9 heteroatoms. The Labute approximate surface area is 218 Å². The molecule has 0 spiro atoms. The molecule has 2 aromatic rings. The molecule has 0 atom stereocenters. The number of carbonyl (C=O) groups is 2. The minimum absolute atomic E-state index is 0.0375. The summed E-state index contributed by atoms with van der Waals surface area (Å²) in [5.74, 6) is -0.0897. The van der Waals surface area contributed by atoms with Crippen molar-refractivity contribution in [3.05, 3.63) is 48.5 Å². The van der Waals surface area contributed by atoms with Crippen LogP contribution in [0.5, 0.6) is 11.5 Å². The Morgan fingerprint density at radius 1 is 0.595 bits per heavy atom. The van der Waals surface area contributed by atoms with E-state index in [1.54, 1.807) is 0 Å². The fraction of sp³-hybridized carbons (Fsp3) is 0.500. The summed E-state index contributed by atoms with van der Waals surface area (Å²) in [7, 11) is -3.77. The SMILES string of the molecule is O=C(COc1ccc(S(=O)(=O)c2ccc(OCC(=O)OC3CCCCC3)cc2)cc1)OC1CCCCC1. The molecule has 2 saturated carbocycles. The summed E-state index contributed by atoms with van der Waals surface area (Å²) in [5.41, 5.74) is 0. The Kier molecular flexibility index (Phi) is 9.44. The molecule has 2 aliphatic carbocycles. The summed E-state index contributed by atoms with van der Waals surface area (Å²) < 4.78 is 47.8. The van der Waals surface area contributed by atoms with Crippen LogP contribution in [0.3, 0.4) is 0 Å². The molecule has 0 N–H and O–H groups in total.